The van der Waals surface area contributed by atoms with Gasteiger partial charge in [0, 0.05) is 18.7 Å². The van der Waals surface area contributed by atoms with Crippen LogP contribution in [0.25, 0.3) is 0 Å². The molecule has 0 aromatic heterocycles. The number of nitrogens with zero attached hydrogens (tertiary/aromatic N) is 1. The maximum absolute atomic E-state index is 12.9. The van der Waals surface area contributed by atoms with Gasteiger partial charge in [0.2, 0.25) is 0 Å². The first-order valence-corrected chi connectivity index (χ1v) is 10.3. The number of benzene rings is 2. The molecule has 1 heterocycles. The van der Waals surface area contributed by atoms with Crippen molar-refractivity contribution in [2.75, 3.05) is 13.1 Å². The predicted molar refractivity (Wildman–Crippen MR) is 100 cm³/mol. The van der Waals surface area contributed by atoms with Crippen LogP contribution in [-0.2, 0) is 20.4 Å². The molecule has 0 spiro atoms. The lowest BCUT2D eigenvalue weighted by atomic mass is 9.90. The van der Waals surface area contributed by atoms with Crippen LogP contribution >= 0.6 is 0 Å². The number of carboxylic acids is 1. The van der Waals surface area contributed by atoms with Crippen molar-refractivity contribution in [2.24, 2.45) is 5.41 Å². The van der Waals surface area contributed by atoms with Crippen LogP contribution in [-0.4, -0.2) is 43.4 Å². The van der Waals surface area contributed by atoms with Gasteiger partial charge in [-0.15, -0.1) is 0 Å². The second kappa shape index (κ2) is 7.15. The van der Waals surface area contributed by atoms with E-state index in [1.54, 1.807) is 49.4 Å². The molecule has 2 aromatic rings. The number of carbonyl (C=O) groups is 2. The molecule has 1 aliphatic heterocycles. The number of carboxylic acid groups (broad SMARTS) is 1. The van der Waals surface area contributed by atoms with Crippen LogP contribution < -0.4 is 0 Å². The second-order valence-corrected chi connectivity index (χ2v) is 9.06. The van der Waals surface area contributed by atoms with E-state index in [4.69, 9.17) is 0 Å². The van der Waals surface area contributed by atoms with Gasteiger partial charge in [0.1, 0.15) is 0 Å². The van der Waals surface area contributed by atoms with Crippen LogP contribution in [0.1, 0.15) is 29.3 Å². The van der Waals surface area contributed by atoms with Gasteiger partial charge in [0.25, 0.3) is 5.91 Å². The molecule has 27 heavy (non-hydrogen) atoms. The van der Waals surface area contributed by atoms with Crippen molar-refractivity contribution in [3.05, 3.63) is 65.7 Å². The molecule has 7 heteroatoms. The number of likely N-dealkylation sites (tertiary alicyclic amines) is 1. The Balaban J connectivity index is 1.87. The third kappa shape index (κ3) is 3.88. The molecule has 1 amide bonds. The zero-order chi connectivity index (χ0) is 19.7. The molecule has 1 aliphatic rings. The molecule has 1 saturated heterocycles. The Morgan fingerprint density at radius 3 is 2.33 bits per heavy atom. The second-order valence-electron chi connectivity index (χ2n) is 7.07. The summed E-state index contributed by atoms with van der Waals surface area (Å²) in [5, 5.41) is 9.36. The Labute approximate surface area is 158 Å². The third-order valence-corrected chi connectivity index (χ3v) is 6.65. The summed E-state index contributed by atoms with van der Waals surface area (Å²) in [6.45, 7) is 2.07. The van der Waals surface area contributed by atoms with E-state index in [1.165, 1.54) is 17.0 Å². The van der Waals surface area contributed by atoms with Gasteiger partial charge in [-0.3, -0.25) is 9.59 Å². The summed E-state index contributed by atoms with van der Waals surface area (Å²) < 4.78 is 25.4. The molecule has 0 saturated carbocycles. The highest BCUT2D eigenvalue weighted by molar-refractivity contribution is 7.90. The SMILES string of the molecule is CC1(C(=O)O)CCN(C(=O)c2ccccc2CS(=O)(=O)c2ccccc2)C1. The Morgan fingerprint density at radius 2 is 1.70 bits per heavy atom. The van der Waals surface area contributed by atoms with Gasteiger partial charge in [0.05, 0.1) is 16.1 Å². The van der Waals surface area contributed by atoms with Crippen molar-refractivity contribution in [1.82, 2.24) is 4.90 Å². The van der Waals surface area contributed by atoms with Gasteiger partial charge < -0.3 is 10.0 Å². The highest BCUT2D eigenvalue weighted by atomic mass is 32.2. The highest BCUT2D eigenvalue weighted by Gasteiger charge is 2.42. The summed E-state index contributed by atoms with van der Waals surface area (Å²) in [7, 11) is -3.59. The number of aliphatic carboxylic acids is 1. The molecular formula is C20H21NO5S. The fourth-order valence-electron chi connectivity index (χ4n) is 3.25. The summed E-state index contributed by atoms with van der Waals surface area (Å²) in [6, 6.07) is 14.7. The number of hydrogen-bond donors (Lipinski definition) is 1. The number of carbonyl (C=O) groups excluding carboxylic acids is 1. The molecular weight excluding hydrogens is 366 g/mol. The first-order valence-electron chi connectivity index (χ1n) is 8.61. The standard InChI is InChI=1S/C20H21NO5S/c1-20(19(23)24)11-12-21(14-20)18(22)17-10-6-5-7-15(17)13-27(25,26)16-8-3-2-4-9-16/h2-10H,11-14H2,1H3,(H,23,24). The Bertz CT molecular complexity index is 971. The lowest BCUT2D eigenvalue weighted by Gasteiger charge is -2.21. The number of rotatable bonds is 5. The van der Waals surface area contributed by atoms with Crippen LogP contribution in [0.15, 0.2) is 59.5 Å². The largest absolute Gasteiger partial charge is 0.481 e. The van der Waals surface area contributed by atoms with Gasteiger partial charge in [0.15, 0.2) is 9.84 Å². The molecule has 3 rings (SSSR count). The number of amides is 1. The minimum Gasteiger partial charge on any atom is -0.481 e. The molecule has 0 aliphatic carbocycles. The lowest BCUT2D eigenvalue weighted by molar-refractivity contribution is -0.147. The normalized spacial score (nSPS) is 19.8. The zero-order valence-corrected chi connectivity index (χ0v) is 15.8. The van der Waals surface area contributed by atoms with E-state index in [9.17, 15) is 23.1 Å². The Hall–Kier alpha value is -2.67. The van der Waals surface area contributed by atoms with Crippen molar-refractivity contribution in [3.8, 4) is 0 Å². The van der Waals surface area contributed by atoms with Crippen LogP contribution in [0.5, 0.6) is 0 Å². The minimum absolute atomic E-state index is 0.112. The van der Waals surface area contributed by atoms with Crippen molar-refractivity contribution in [1.29, 1.82) is 0 Å². The molecule has 0 radical (unpaired) electrons. The molecule has 6 nitrogen and oxygen atoms in total. The first-order chi connectivity index (χ1) is 12.7. The maximum Gasteiger partial charge on any atom is 0.311 e. The van der Waals surface area contributed by atoms with E-state index >= 15 is 0 Å². The molecule has 1 atom stereocenters. The molecule has 0 bridgehead atoms. The average molecular weight is 387 g/mol. The predicted octanol–water partition coefficient (Wildman–Crippen LogP) is 2.60. The zero-order valence-electron chi connectivity index (χ0n) is 15.0. The Morgan fingerprint density at radius 1 is 1.07 bits per heavy atom. The van der Waals surface area contributed by atoms with E-state index in [0.29, 0.717) is 24.1 Å². The lowest BCUT2D eigenvalue weighted by Crippen LogP contribution is -2.35. The average Bonchev–Trinajstić information content (AvgIpc) is 3.06. The van der Waals surface area contributed by atoms with Gasteiger partial charge in [-0.25, -0.2) is 8.42 Å². The van der Waals surface area contributed by atoms with E-state index in [0.717, 1.165) is 0 Å². The van der Waals surface area contributed by atoms with Crippen molar-refractivity contribution in [3.63, 3.8) is 0 Å². The van der Waals surface area contributed by atoms with Gasteiger partial charge in [-0.05, 0) is 37.1 Å². The van der Waals surface area contributed by atoms with Crippen LogP contribution in [0.4, 0.5) is 0 Å². The highest BCUT2D eigenvalue weighted by Crippen LogP contribution is 2.31. The van der Waals surface area contributed by atoms with Gasteiger partial charge >= 0.3 is 5.97 Å². The third-order valence-electron chi connectivity index (χ3n) is 4.97. The summed E-state index contributed by atoms with van der Waals surface area (Å²) in [5.41, 5.74) is -0.261. The monoisotopic (exact) mass is 387 g/mol. The topological polar surface area (TPSA) is 91.8 Å². The van der Waals surface area contributed by atoms with E-state index < -0.39 is 21.2 Å². The Kier molecular flexibility index (Phi) is 5.06. The van der Waals surface area contributed by atoms with Crippen molar-refractivity contribution < 1.29 is 23.1 Å². The van der Waals surface area contributed by atoms with Crippen LogP contribution in [0.2, 0.25) is 0 Å². The summed E-state index contributed by atoms with van der Waals surface area (Å²) in [6.07, 6.45) is 0.374. The fraction of sp³-hybridized carbons (Fsp3) is 0.300. The molecule has 142 valence electrons. The van der Waals surface area contributed by atoms with E-state index in [-0.39, 0.29) is 23.1 Å². The molecule has 2 aromatic carbocycles. The molecule has 1 N–H and O–H groups in total. The van der Waals surface area contributed by atoms with E-state index in [2.05, 4.69) is 0 Å². The smallest absolute Gasteiger partial charge is 0.311 e. The summed E-state index contributed by atoms with van der Waals surface area (Å²) in [4.78, 5) is 26.0. The first kappa shape index (κ1) is 19.1. The molecule has 1 fully saturated rings. The quantitative estimate of drug-likeness (QED) is 0.851. The minimum atomic E-state index is -3.59. The summed E-state index contributed by atoms with van der Waals surface area (Å²) >= 11 is 0. The maximum atomic E-state index is 12.9. The number of sulfone groups is 1. The van der Waals surface area contributed by atoms with Crippen molar-refractivity contribution >= 4 is 21.7 Å². The summed E-state index contributed by atoms with van der Waals surface area (Å²) in [5.74, 6) is -1.56. The van der Waals surface area contributed by atoms with Gasteiger partial charge in [-0.1, -0.05) is 36.4 Å². The molecule has 1 unspecified atom stereocenters. The van der Waals surface area contributed by atoms with Gasteiger partial charge in [-0.2, -0.15) is 0 Å². The van der Waals surface area contributed by atoms with E-state index in [1.807, 2.05) is 0 Å². The fourth-order valence-corrected chi connectivity index (χ4v) is 4.65. The van der Waals surface area contributed by atoms with Crippen LogP contribution in [0, 0.1) is 5.41 Å². The number of hydrogen-bond acceptors (Lipinski definition) is 4. The van der Waals surface area contributed by atoms with Crippen LogP contribution in [0.3, 0.4) is 0 Å². The van der Waals surface area contributed by atoms with Crippen molar-refractivity contribution in [2.45, 2.75) is 24.0 Å².